The van der Waals surface area contributed by atoms with Crippen LogP contribution in [0.4, 0.5) is 0 Å². The molecule has 1 aliphatic rings. The molecule has 0 saturated heterocycles. The first-order valence-electron chi connectivity index (χ1n) is 6.38. The van der Waals surface area contributed by atoms with Crippen LogP contribution in [0.3, 0.4) is 0 Å². The van der Waals surface area contributed by atoms with Gasteiger partial charge in [0.25, 0.3) is 0 Å². The molecule has 1 unspecified atom stereocenters. The number of hydrogen-bond donors (Lipinski definition) is 1. The predicted octanol–water partition coefficient (Wildman–Crippen LogP) is 3.42. The lowest BCUT2D eigenvalue weighted by atomic mass is 9.99. The van der Waals surface area contributed by atoms with Crippen molar-refractivity contribution in [3.05, 3.63) is 51.9 Å². The lowest BCUT2D eigenvalue weighted by molar-refractivity contribution is 0.352. The zero-order chi connectivity index (χ0) is 13.4. The maximum Gasteiger partial charge on any atom is 0.125 e. The fourth-order valence-corrected chi connectivity index (χ4v) is 2.77. The maximum atomic E-state index is 6.23. The van der Waals surface area contributed by atoms with E-state index in [1.54, 1.807) is 6.26 Å². The molecule has 0 amide bonds. The van der Waals surface area contributed by atoms with Gasteiger partial charge in [0.2, 0.25) is 0 Å². The molecule has 0 saturated carbocycles. The molecule has 1 aliphatic heterocycles. The SMILES string of the molecule is Cc1cc(C(N)Cc2cc(Cl)cc3c2OCC3)co1. The third-order valence-electron chi connectivity index (χ3n) is 3.44. The van der Waals surface area contributed by atoms with Crippen LogP contribution in [0.25, 0.3) is 0 Å². The van der Waals surface area contributed by atoms with Crippen LogP contribution < -0.4 is 10.5 Å². The second-order valence-corrected chi connectivity index (χ2v) is 5.39. The van der Waals surface area contributed by atoms with Crippen LogP contribution in [-0.4, -0.2) is 6.61 Å². The molecule has 3 rings (SSSR count). The van der Waals surface area contributed by atoms with Gasteiger partial charge in [-0.3, -0.25) is 0 Å². The minimum absolute atomic E-state index is 0.107. The van der Waals surface area contributed by atoms with Gasteiger partial charge in [-0.1, -0.05) is 11.6 Å². The smallest absolute Gasteiger partial charge is 0.125 e. The summed E-state index contributed by atoms with van der Waals surface area (Å²) in [6.07, 6.45) is 3.33. The normalized spacial score (nSPS) is 15.1. The molecule has 100 valence electrons. The van der Waals surface area contributed by atoms with Gasteiger partial charge in [-0.25, -0.2) is 0 Å². The van der Waals surface area contributed by atoms with Gasteiger partial charge in [0.15, 0.2) is 0 Å². The fourth-order valence-electron chi connectivity index (χ4n) is 2.51. The molecule has 1 atom stereocenters. The monoisotopic (exact) mass is 277 g/mol. The summed E-state index contributed by atoms with van der Waals surface area (Å²) in [5.74, 6) is 1.83. The first-order valence-corrected chi connectivity index (χ1v) is 6.76. The average Bonchev–Trinajstić information content (AvgIpc) is 2.97. The molecule has 0 spiro atoms. The highest BCUT2D eigenvalue weighted by molar-refractivity contribution is 6.30. The molecule has 0 bridgehead atoms. The van der Waals surface area contributed by atoms with Gasteiger partial charge in [-0.05, 0) is 42.7 Å². The number of nitrogens with two attached hydrogens (primary N) is 1. The minimum atomic E-state index is -0.107. The van der Waals surface area contributed by atoms with Crippen LogP contribution in [0.2, 0.25) is 5.02 Å². The second kappa shape index (κ2) is 4.91. The van der Waals surface area contributed by atoms with Gasteiger partial charge in [0.05, 0.1) is 12.9 Å². The molecule has 2 N–H and O–H groups in total. The Balaban J connectivity index is 1.87. The third-order valence-corrected chi connectivity index (χ3v) is 3.66. The van der Waals surface area contributed by atoms with Crippen LogP contribution in [0.1, 0.15) is 28.5 Å². The Morgan fingerprint density at radius 2 is 2.21 bits per heavy atom. The topological polar surface area (TPSA) is 48.4 Å². The van der Waals surface area contributed by atoms with Crippen LogP contribution in [-0.2, 0) is 12.8 Å². The fraction of sp³-hybridized carbons (Fsp3) is 0.333. The van der Waals surface area contributed by atoms with Crippen molar-refractivity contribution < 1.29 is 9.15 Å². The van der Waals surface area contributed by atoms with E-state index >= 15 is 0 Å². The van der Waals surface area contributed by atoms with Gasteiger partial charge in [-0.2, -0.15) is 0 Å². The van der Waals surface area contributed by atoms with E-state index in [0.717, 1.165) is 40.7 Å². The molecular weight excluding hydrogens is 262 g/mol. The maximum absolute atomic E-state index is 6.23. The summed E-state index contributed by atoms with van der Waals surface area (Å²) in [7, 11) is 0. The Bertz CT molecular complexity index is 606. The van der Waals surface area contributed by atoms with Crippen molar-refractivity contribution in [2.24, 2.45) is 5.73 Å². The number of halogens is 1. The zero-order valence-electron chi connectivity index (χ0n) is 10.8. The summed E-state index contributed by atoms with van der Waals surface area (Å²) < 4.78 is 11.0. The third kappa shape index (κ3) is 2.48. The Kier molecular flexibility index (Phi) is 3.25. The highest BCUT2D eigenvalue weighted by Gasteiger charge is 2.20. The van der Waals surface area contributed by atoms with Crippen molar-refractivity contribution in [3.63, 3.8) is 0 Å². The number of aryl methyl sites for hydroxylation is 1. The van der Waals surface area contributed by atoms with Gasteiger partial charge in [0, 0.05) is 23.0 Å². The number of hydrogen-bond acceptors (Lipinski definition) is 3. The molecule has 4 heteroatoms. The molecule has 1 aromatic heterocycles. The Hall–Kier alpha value is -1.45. The Labute approximate surface area is 117 Å². The molecule has 3 nitrogen and oxygen atoms in total. The molecule has 0 fully saturated rings. The minimum Gasteiger partial charge on any atom is -0.493 e. The summed E-state index contributed by atoms with van der Waals surface area (Å²) >= 11 is 6.15. The molecule has 2 aromatic rings. The lowest BCUT2D eigenvalue weighted by Gasteiger charge is -2.13. The van der Waals surface area contributed by atoms with E-state index in [0.29, 0.717) is 6.42 Å². The van der Waals surface area contributed by atoms with Crippen molar-refractivity contribution in [2.75, 3.05) is 6.61 Å². The summed E-state index contributed by atoms with van der Waals surface area (Å²) in [5, 5.41) is 0.745. The van der Waals surface area contributed by atoms with E-state index in [1.807, 2.05) is 25.1 Å². The van der Waals surface area contributed by atoms with Crippen molar-refractivity contribution in [3.8, 4) is 5.75 Å². The summed E-state index contributed by atoms with van der Waals surface area (Å²) in [4.78, 5) is 0. The van der Waals surface area contributed by atoms with Crippen LogP contribution in [0.15, 0.2) is 28.9 Å². The first kappa shape index (κ1) is 12.6. The zero-order valence-corrected chi connectivity index (χ0v) is 11.5. The van der Waals surface area contributed by atoms with Gasteiger partial charge in [-0.15, -0.1) is 0 Å². The molecule has 0 aliphatic carbocycles. The van der Waals surface area contributed by atoms with Crippen molar-refractivity contribution in [1.29, 1.82) is 0 Å². The second-order valence-electron chi connectivity index (χ2n) is 4.95. The molecular formula is C15H16ClNO2. The van der Waals surface area contributed by atoms with E-state index in [4.69, 9.17) is 26.5 Å². The summed E-state index contributed by atoms with van der Waals surface area (Å²) in [5.41, 5.74) is 9.48. The Morgan fingerprint density at radius 1 is 1.37 bits per heavy atom. The van der Waals surface area contributed by atoms with Crippen LogP contribution in [0.5, 0.6) is 5.75 Å². The highest BCUT2D eigenvalue weighted by Crippen LogP contribution is 2.35. The number of benzene rings is 1. The molecule has 0 radical (unpaired) electrons. The largest absolute Gasteiger partial charge is 0.493 e. The number of rotatable bonds is 3. The van der Waals surface area contributed by atoms with Crippen LogP contribution in [0, 0.1) is 6.92 Å². The van der Waals surface area contributed by atoms with E-state index < -0.39 is 0 Å². The quantitative estimate of drug-likeness (QED) is 0.935. The molecule has 2 heterocycles. The highest BCUT2D eigenvalue weighted by atomic mass is 35.5. The first-order chi connectivity index (χ1) is 9.13. The predicted molar refractivity (Wildman–Crippen MR) is 74.7 cm³/mol. The van der Waals surface area contributed by atoms with Gasteiger partial charge in [0.1, 0.15) is 11.5 Å². The summed E-state index contributed by atoms with van der Waals surface area (Å²) in [6, 6.07) is 5.78. The molecule has 1 aromatic carbocycles. The van der Waals surface area contributed by atoms with Crippen molar-refractivity contribution in [1.82, 2.24) is 0 Å². The van der Waals surface area contributed by atoms with E-state index in [1.165, 1.54) is 5.56 Å². The van der Waals surface area contributed by atoms with E-state index in [2.05, 4.69) is 0 Å². The number of ether oxygens (including phenoxy) is 1. The number of furan rings is 1. The van der Waals surface area contributed by atoms with Gasteiger partial charge >= 0.3 is 0 Å². The van der Waals surface area contributed by atoms with Gasteiger partial charge < -0.3 is 14.9 Å². The van der Waals surface area contributed by atoms with Crippen molar-refractivity contribution in [2.45, 2.75) is 25.8 Å². The van der Waals surface area contributed by atoms with E-state index in [-0.39, 0.29) is 6.04 Å². The lowest BCUT2D eigenvalue weighted by Crippen LogP contribution is -2.13. The van der Waals surface area contributed by atoms with E-state index in [9.17, 15) is 0 Å². The number of fused-ring (bicyclic) bond motifs is 1. The standard InChI is InChI=1S/C15H16ClNO2/c1-9-4-12(8-19-9)14(17)7-11-6-13(16)5-10-2-3-18-15(10)11/h4-6,8,14H,2-3,7,17H2,1H3. The average molecular weight is 278 g/mol. The molecule has 19 heavy (non-hydrogen) atoms. The summed E-state index contributed by atoms with van der Waals surface area (Å²) in [6.45, 7) is 2.64. The van der Waals surface area contributed by atoms with Crippen LogP contribution >= 0.6 is 11.6 Å². The Morgan fingerprint density at radius 3 is 2.95 bits per heavy atom. The van der Waals surface area contributed by atoms with Crippen molar-refractivity contribution >= 4 is 11.6 Å².